The highest BCUT2D eigenvalue weighted by molar-refractivity contribution is 5.76. The maximum absolute atomic E-state index is 13.3. The third-order valence-electron chi connectivity index (χ3n) is 9.81. The van der Waals surface area contributed by atoms with Gasteiger partial charge < -0.3 is 45.4 Å². The van der Waals surface area contributed by atoms with Crippen LogP contribution in [0.1, 0.15) is 114 Å². The summed E-state index contributed by atoms with van der Waals surface area (Å²) in [5.41, 5.74) is -0.738. The number of unbranched alkanes of at least 4 members (excludes halogenated alkanes) is 1. The lowest BCUT2D eigenvalue weighted by molar-refractivity contribution is -0.303. The number of ether oxygens (including phenoxy) is 2. The summed E-state index contributed by atoms with van der Waals surface area (Å²) in [5, 5.41) is 65.8. The number of aliphatic hydroxyl groups excluding tert-OH is 6. The Balaban J connectivity index is 3.11. The molecule has 7 unspecified atom stereocenters. The second-order valence-corrected chi connectivity index (χ2v) is 15.3. The van der Waals surface area contributed by atoms with Crippen molar-refractivity contribution in [2.75, 3.05) is 13.2 Å². The predicted molar refractivity (Wildman–Crippen MR) is 167 cm³/mol. The molecule has 256 valence electrons. The summed E-state index contributed by atoms with van der Waals surface area (Å²) >= 11 is 0. The van der Waals surface area contributed by atoms with Crippen LogP contribution in [0.3, 0.4) is 0 Å². The lowest BCUT2D eigenvalue weighted by atomic mass is 9.65. The number of nitrogens with one attached hydrogen (secondary N) is 1. The summed E-state index contributed by atoms with van der Waals surface area (Å²) in [4.78, 5) is 13.3. The fourth-order valence-corrected chi connectivity index (χ4v) is 6.59. The first kappa shape index (κ1) is 40.2. The van der Waals surface area contributed by atoms with Crippen molar-refractivity contribution in [1.29, 1.82) is 0 Å². The number of hydrogen-bond donors (Lipinski definition) is 7. The van der Waals surface area contributed by atoms with Gasteiger partial charge in [-0.05, 0) is 47.3 Å². The number of aliphatic hydroxyl groups is 6. The molecular formula is C33H65NO9. The molecule has 0 radical (unpaired) electrons. The van der Waals surface area contributed by atoms with Crippen LogP contribution in [-0.4, -0.2) is 98.7 Å². The summed E-state index contributed by atoms with van der Waals surface area (Å²) in [5.74, 6) is -0.168. The van der Waals surface area contributed by atoms with Gasteiger partial charge in [-0.2, -0.15) is 0 Å². The predicted octanol–water partition coefficient (Wildman–Crippen LogP) is 3.13. The summed E-state index contributed by atoms with van der Waals surface area (Å²) in [6, 6.07) is -0.939. The van der Waals surface area contributed by atoms with Crippen LogP contribution in [-0.2, 0) is 14.3 Å². The van der Waals surface area contributed by atoms with E-state index < -0.39 is 66.9 Å². The molecule has 0 bridgehead atoms. The highest BCUT2D eigenvalue weighted by Gasteiger charge is 2.46. The fraction of sp³-hybridized carbons (Fsp3) is 0.970. The third kappa shape index (κ3) is 12.1. The van der Waals surface area contributed by atoms with E-state index in [0.717, 1.165) is 32.1 Å². The van der Waals surface area contributed by atoms with Crippen LogP contribution in [0, 0.1) is 28.1 Å². The standard InChI is InChI=1S/C33H65NO9/c1-11-13-14-31(5,6)16-20(3)23(36)15-25(37)34-22(29(41)33(9,10)19-32(7,8)21(4)12-2)18-42-30-28(40)27(39)26(38)24(17-35)43-30/h20-24,26-30,35-36,38-41H,11-19H2,1-10H3,(H,34,37)/t20?,21-,22?,23+,24?,26?,27?,28?,29+,30?/m1/s1. The van der Waals surface area contributed by atoms with E-state index in [1.807, 2.05) is 20.8 Å². The maximum Gasteiger partial charge on any atom is 0.222 e. The summed E-state index contributed by atoms with van der Waals surface area (Å²) in [6.45, 7) is 20.1. The van der Waals surface area contributed by atoms with Gasteiger partial charge in [0.05, 0.1) is 37.9 Å². The molecule has 10 nitrogen and oxygen atoms in total. The smallest absolute Gasteiger partial charge is 0.222 e. The van der Waals surface area contributed by atoms with Crippen LogP contribution in [0.4, 0.5) is 0 Å². The Kier molecular flexibility index (Phi) is 16.0. The Morgan fingerprint density at radius 1 is 0.953 bits per heavy atom. The molecule has 43 heavy (non-hydrogen) atoms. The zero-order valence-electron chi connectivity index (χ0n) is 28.5. The van der Waals surface area contributed by atoms with E-state index in [-0.39, 0.29) is 29.8 Å². The van der Waals surface area contributed by atoms with Crippen molar-refractivity contribution in [3.05, 3.63) is 0 Å². The van der Waals surface area contributed by atoms with Crippen molar-refractivity contribution < 1.29 is 44.9 Å². The monoisotopic (exact) mass is 619 g/mol. The van der Waals surface area contributed by atoms with Crippen LogP contribution in [0.5, 0.6) is 0 Å². The molecule has 0 aliphatic carbocycles. The molecule has 0 aromatic carbocycles. The van der Waals surface area contributed by atoms with Crippen molar-refractivity contribution in [1.82, 2.24) is 5.32 Å². The van der Waals surface area contributed by atoms with Gasteiger partial charge in [0.2, 0.25) is 5.91 Å². The quantitative estimate of drug-likeness (QED) is 0.115. The van der Waals surface area contributed by atoms with Gasteiger partial charge >= 0.3 is 0 Å². The lowest BCUT2D eigenvalue weighted by Crippen LogP contribution is -2.60. The highest BCUT2D eigenvalue weighted by atomic mass is 16.7. The second-order valence-electron chi connectivity index (χ2n) is 15.3. The highest BCUT2D eigenvalue weighted by Crippen LogP contribution is 2.43. The SMILES string of the molecule is CCCCC(C)(C)CC(C)[C@@H](O)CC(=O)NC(COC1OC(CO)C(O)C(O)C1O)[C@H](O)C(C)(C)CC(C)(C)[C@H](C)CC. The molecular weight excluding hydrogens is 554 g/mol. The largest absolute Gasteiger partial charge is 0.394 e. The first-order valence-corrected chi connectivity index (χ1v) is 16.3. The summed E-state index contributed by atoms with van der Waals surface area (Å²) in [7, 11) is 0. The molecule has 0 spiro atoms. The molecule has 0 saturated carbocycles. The van der Waals surface area contributed by atoms with E-state index in [2.05, 4.69) is 53.8 Å². The van der Waals surface area contributed by atoms with Crippen molar-refractivity contribution in [3.63, 3.8) is 0 Å². The van der Waals surface area contributed by atoms with Gasteiger partial charge in [-0.1, -0.05) is 88.5 Å². The maximum atomic E-state index is 13.3. The van der Waals surface area contributed by atoms with E-state index in [1.54, 1.807) is 0 Å². The van der Waals surface area contributed by atoms with E-state index >= 15 is 0 Å². The summed E-state index contributed by atoms with van der Waals surface area (Å²) in [6.07, 6.45) is -3.76. The van der Waals surface area contributed by atoms with Crippen LogP contribution < -0.4 is 5.32 Å². The third-order valence-corrected chi connectivity index (χ3v) is 9.81. The number of carbonyl (C=O) groups excluding carboxylic acids is 1. The Morgan fingerprint density at radius 3 is 2.09 bits per heavy atom. The van der Waals surface area contributed by atoms with Crippen LogP contribution in [0.15, 0.2) is 0 Å². The molecule has 7 N–H and O–H groups in total. The van der Waals surface area contributed by atoms with Gasteiger partial charge in [0.15, 0.2) is 6.29 Å². The molecule has 1 rings (SSSR count). The molecule has 10 heteroatoms. The average molecular weight is 620 g/mol. The van der Waals surface area contributed by atoms with Crippen molar-refractivity contribution in [3.8, 4) is 0 Å². The molecule has 1 heterocycles. The van der Waals surface area contributed by atoms with E-state index in [0.29, 0.717) is 12.3 Å². The minimum atomic E-state index is -1.61. The molecule has 0 aromatic rings. The molecule has 1 aliphatic rings. The fourth-order valence-electron chi connectivity index (χ4n) is 6.59. The van der Waals surface area contributed by atoms with Crippen molar-refractivity contribution in [2.24, 2.45) is 28.1 Å². The topological polar surface area (TPSA) is 169 Å². The Morgan fingerprint density at radius 2 is 1.56 bits per heavy atom. The van der Waals surface area contributed by atoms with Gasteiger partial charge in [0.25, 0.3) is 0 Å². The minimum Gasteiger partial charge on any atom is -0.394 e. The first-order valence-electron chi connectivity index (χ1n) is 16.3. The van der Waals surface area contributed by atoms with Gasteiger partial charge in [0.1, 0.15) is 24.4 Å². The first-order chi connectivity index (χ1) is 19.7. The number of amides is 1. The van der Waals surface area contributed by atoms with Gasteiger partial charge in [0, 0.05) is 0 Å². The number of carbonyl (C=O) groups is 1. The molecule has 1 aliphatic heterocycles. The van der Waals surface area contributed by atoms with Crippen LogP contribution in [0.2, 0.25) is 0 Å². The lowest BCUT2D eigenvalue weighted by Gasteiger charge is -2.44. The molecule has 0 aromatic heterocycles. The molecule has 1 fully saturated rings. The Hall–Kier alpha value is -0.850. The molecule has 10 atom stereocenters. The van der Waals surface area contributed by atoms with E-state index in [4.69, 9.17) is 9.47 Å². The molecule has 1 saturated heterocycles. The van der Waals surface area contributed by atoms with Crippen molar-refractivity contribution >= 4 is 5.91 Å². The average Bonchev–Trinajstić information content (AvgIpc) is 2.91. The minimum absolute atomic E-state index is 0.0390. The van der Waals surface area contributed by atoms with Crippen LogP contribution in [0.25, 0.3) is 0 Å². The van der Waals surface area contributed by atoms with Gasteiger partial charge in [-0.3, -0.25) is 4.79 Å². The normalized spacial score (nSPS) is 27.3. The summed E-state index contributed by atoms with van der Waals surface area (Å²) < 4.78 is 11.3. The Bertz CT molecular complexity index is 818. The Labute approximate surface area is 260 Å². The van der Waals surface area contributed by atoms with E-state index in [9.17, 15) is 35.4 Å². The second kappa shape index (κ2) is 17.2. The van der Waals surface area contributed by atoms with Crippen molar-refractivity contribution in [2.45, 2.75) is 163 Å². The van der Waals surface area contributed by atoms with E-state index in [1.165, 1.54) is 0 Å². The molecule has 1 amide bonds. The van der Waals surface area contributed by atoms with Gasteiger partial charge in [-0.15, -0.1) is 0 Å². The number of hydrogen-bond acceptors (Lipinski definition) is 9. The zero-order chi connectivity index (χ0) is 33.3. The number of rotatable bonds is 19. The van der Waals surface area contributed by atoms with Gasteiger partial charge in [-0.25, -0.2) is 0 Å². The zero-order valence-corrected chi connectivity index (χ0v) is 28.5. The van der Waals surface area contributed by atoms with Crippen LogP contribution >= 0.6 is 0 Å².